The molecule has 8 heteroatoms. The Kier molecular flexibility index (Phi) is 6.05. The normalized spacial score (nSPS) is 17.2. The maximum Gasteiger partial charge on any atom is 0.263 e. The molecule has 1 amide bonds. The SMILES string of the molecule is CC(C)[C@H](N=C1NS(=O)(=O)c2ccccc21)C(=O)NCCc1ccc(Cl)cc1. The third-order valence-electron chi connectivity index (χ3n) is 4.46. The van der Waals surface area contributed by atoms with Gasteiger partial charge in [0.2, 0.25) is 5.91 Å². The van der Waals surface area contributed by atoms with Crippen LogP contribution >= 0.6 is 11.6 Å². The molecule has 0 bridgehead atoms. The summed E-state index contributed by atoms with van der Waals surface area (Å²) in [5.74, 6) is -0.123. The summed E-state index contributed by atoms with van der Waals surface area (Å²) in [5, 5.41) is 3.56. The first-order valence-electron chi connectivity index (χ1n) is 9.00. The van der Waals surface area contributed by atoms with Crippen LogP contribution in [0.3, 0.4) is 0 Å². The fourth-order valence-electron chi connectivity index (χ4n) is 2.96. The number of amides is 1. The van der Waals surface area contributed by atoms with Crippen LogP contribution in [-0.2, 0) is 21.2 Å². The van der Waals surface area contributed by atoms with Crippen molar-refractivity contribution in [2.75, 3.05) is 6.54 Å². The van der Waals surface area contributed by atoms with Gasteiger partial charge in [-0.2, -0.15) is 0 Å². The van der Waals surface area contributed by atoms with Crippen molar-refractivity contribution in [1.82, 2.24) is 10.0 Å². The molecule has 6 nitrogen and oxygen atoms in total. The molecular formula is C20H22ClN3O3S. The molecule has 2 aromatic rings. The van der Waals surface area contributed by atoms with Gasteiger partial charge in [-0.1, -0.05) is 49.7 Å². The molecule has 0 unspecified atom stereocenters. The molecule has 0 saturated heterocycles. The van der Waals surface area contributed by atoms with Crippen LogP contribution < -0.4 is 10.0 Å². The Balaban J connectivity index is 1.72. The van der Waals surface area contributed by atoms with E-state index in [2.05, 4.69) is 15.0 Å². The van der Waals surface area contributed by atoms with Crippen molar-refractivity contribution in [3.8, 4) is 0 Å². The molecule has 1 aliphatic rings. The first kappa shape index (κ1) is 20.4. The number of carbonyl (C=O) groups excluding carboxylic acids is 1. The molecule has 28 heavy (non-hydrogen) atoms. The molecule has 1 atom stereocenters. The van der Waals surface area contributed by atoms with E-state index in [1.807, 2.05) is 38.1 Å². The highest BCUT2D eigenvalue weighted by molar-refractivity contribution is 7.90. The van der Waals surface area contributed by atoms with Crippen LogP contribution in [0.2, 0.25) is 5.02 Å². The van der Waals surface area contributed by atoms with Crippen molar-refractivity contribution in [3.63, 3.8) is 0 Å². The lowest BCUT2D eigenvalue weighted by Crippen LogP contribution is -2.39. The van der Waals surface area contributed by atoms with Crippen LogP contribution in [0.4, 0.5) is 0 Å². The van der Waals surface area contributed by atoms with Gasteiger partial charge in [0, 0.05) is 17.1 Å². The second-order valence-corrected chi connectivity index (χ2v) is 9.02. The van der Waals surface area contributed by atoms with Gasteiger partial charge in [-0.05, 0) is 42.2 Å². The van der Waals surface area contributed by atoms with Crippen LogP contribution in [0.15, 0.2) is 58.4 Å². The van der Waals surface area contributed by atoms with E-state index in [1.165, 1.54) is 6.07 Å². The second-order valence-electron chi connectivity index (χ2n) is 6.94. The minimum Gasteiger partial charge on any atom is -0.354 e. The van der Waals surface area contributed by atoms with Crippen LogP contribution in [0.5, 0.6) is 0 Å². The summed E-state index contributed by atoms with van der Waals surface area (Å²) in [6.45, 7) is 4.21. The molecule has 0 radical (unpaired) electrons. The molecule has 0 saturated carbocycles. The lowest BCUT2D eigenvalue weighted by atomic mass is 10.0. The number of aliphatic imine (C=N–C) groups is 1. The predicted octanol–water partition coefficient (Wildman–Crippen LogP) is 2.76. The molecule has 0 fully saturated rings. The van der Waals surface area contributed by atoms with E-state index < -0.39 is 16.1 Å². The number of amidine groups is 1. The second kappa shape index (κ2) is 8.32. The summed E-state index contributed by atoms with van der Waals surface area (Å²) in [4.78, 5) is 17.3. The average Bonchev–Trinajstić information content (AvgIpc) is 2.91. The topological polar surface area (TPSA) is 87.6 Å². The number of rotatable bonds is 6. The van der Waals surface area contributed by atoms with E-state index in [0.29, 0.717) is 23.6 Å². The van der Waals surface area contributed by atoms with Crippen LogP contribution in [0, 0.1) is 5.92 Å². The quantitative estimate of drug-likeness (QED) is 0.754. The lowest BCUT2D eigenvalue weighted by Gasteiger charge is -2.17. The zero-order valence-electron chi connectivity index (χ0n) is 15.6. The number of hydrogen-bond donors (Lipinski definition) is 2. The van der Waals surface area contributed by atoms with E-state index in [1.54, 1.807) is 18.2 Å². The number of sulfonamides is 1. The molecule has 0 aliphatic carbocycles. The molecule has 2 aromatic carbocycles. The molecule has 3 rings (SSSR count). The fourth-order valence-corrected chi connectivity index (χ4v) is 4.33. The highest BCUT2D eigenvalue weighted by atomic mass is 35.5. The van der Waals surface area contributed by atoms with Crippen molar-refractivity contribution in [2.24, 2.45) is 10.9 Å². The third kappa shape index (κ3) is 4.54. The summed E-state index contributed by atoms with van der Waals surface area (Å²) in [6.07, 6.45) is 0.666. The molecular weight excluding hydrogens is 398 g/mol. The van der Waals surface area contributed by atoms with Crippen LogP contribution in [0.1, 0.15) is 25.0 Å². The Bertz CT molecular complexity index is 1000. The minimum atomic E-state index is -3.63. The number of fused-ring (bicyclic) bond motifs is 1. The largest absolute Gasteiger partial charge is 0.354 e. The highest BCUT2D eigenvalue weighted by Gasteiger charge is 2.32. The molecule has 0 spiro atoms. The van der Waals surface area contributed by atoms with Gasteiger partial charge in [-0.3, -0.25) is 14.5 Å². The molecule has 2 N–H and O–H groups in total. The Morgan fingerprint density at radius 1 is 1.14 bits per heavy atom. The van der Waals surface area contributed by atoms with Gasteiger partial charge in [0.15, 0.2) is 0 Å². The third-order valence-corrected chi connectivity index (χ3v) is 6.11. The fraction of sp³-hybridized carbons (Fsp3) is 0.300. The average molecular weight is 420 g/mol. The van der Waals surface area contributed by atoms with Crippen molar-refractivity contribution < 1.29 is 13.2 Å². The number of carbonyl (C=O) groups is 1. The van der Waals surface area contributed by atoms with Gasteiger partial charge in [0.25, 0.3) is 10.0 Å². The van der Waals surface area contributed by atoms with Crippen LogP contribution in [-0.4, -0.2) is 32.7 Å². The number of hydrogen-bond acceptors (Lipinski definition) is 4. The van der Waals surface area contributed by atoms with E-state index in [-0.39, 0.29) is 22.6 Å². The zero-order valence-corrected chi connectivity index (χ0v) is 17.2. The Labute approximate surface area is 170 Å². The molecule has 1 heterocycles. The van der Waals surface area contributed by atoms with Gasteiger partial charge >= 0.3 is 0 Å². The van der Waals surface area contributed by atoms with Crippen molar-refractivity contribution in [3.05, 3.63) is 64.7 Å². The summed E-state index contributed by atoms with van der Waals surface area (Å²) in [7, 11) is -3.63. The van der Waals surface area contributed by atoms with Crippen molar-refractivity contribution >= 4 is 33.4 Å². The number of benzene rings is 2. The van der Waals surface area contributed by atoms with E-state index in [9.17, 15) is 13.2 Å². The summed E-state index contributed by atoms with van der Waals surface area (Å²) >= 11 is 5.88. The van der Waals surface area contributed by atoms with Gasteiger partial charge in [-0.15, -0.1) is 0 Å². The maximum atomic E-state index is 12.7. The van der Waals surface area contributed by atoms with Crippen molar-refractivity contribution in [2.45, 2.75) is 31.2 Å². The van der Waals surface area contributed by atoms with E-state index in [4.69, 9.17) is 11.6 Å². The van der Waals surface area contributed by atoms with Crippen molar-refractivity contribution in [1.29, 1.82) is 0 Å². The number of nitrogens with one attached hydrogen (secondary N) is 2. The van der Waals surface area contributed by atoms with Gasteiger partial charge in [0.05, 0.1) is 4.90 Å². The van der Waals surface area contributed by atoms with Gasteiger partial charge in [-0.25, -0.2) is 8.42 Å². The first-order chi connectivity index (χ1) is 13.3. The number of nitrogens with zero attached hydrogens (tertiary/aromatic N) is 1. The zero-order chi connectivity index (χ0) is 20.3. The summed E-state index contributed by atoms with van der Waals surface area (Å²) in [6, 6.07) is 13.4. The molecule has 148 valence electrons. The summed E-state index contributed by atoms with van der Waals surface area (Å²) < 4.78 is 26.9. The number of halogens is 1. The summed E-state index contributed by atoms with van der Waals surface area (Å²) in [5.41, 5.74) is 1.55. The Hall–Kier alpha value is -2.38. The van der Waals surface area contributed by atoms with E-state index >= 15 is 0 Å². The van der Waals surface area contributed by atoms with Crippen LogP contribution in [0.25, 0.3) is 0 Å². The highest BCUT2D eigenvalue weighted by Crippen LogP contribution is 2.23. The minimum absolute atomic E-state index is 0.0969. The maximum absolute atomic E-state index is 12.7. The Morgan fingerprint density at radius 3 is 2.50 bits per heavy atom. The standard InChI is InChI=1S/C20H22ClN3O3S/c1-13(2)18(20(25)22-12-11-14-7-9-15(21)10-8-14)23-19-16-5-3-4-6-17(16)28(26,27)24-19/h3-10,13,18H,11-12H2,1-2H3,(H,22,25)(H,23,24)/t18-/m0/s1. The Morgan fingerprint density at radius 2 is 1.82 bits per heavy atom. The molecule has 1 aliphatic heterocycles. The smallest absolute Gasteiger partial charge is 0.263 e. The van der Waals surface area contributed by atoms with Gasteiger partial charge in [0.1, 0.15) is 11.9 Å². The predicted molar refractivity (Wildman–Crippen MR) is 110 cm³/mol. The van der Waals surface area contributed by atoms with Gasteiger partial charge < -0.3 is 5.32 Å². The lowest BCUT2D eigenvalue weighted by molar-refractivity contribution is -0.123. The van der Waals surface area contributed by atoms with E-state index in [0.717, 1.165) is 5.56 Å². The first-order valence-corrected chi connectivity index (χ1v) is 10.9. The molecule has 0 aromatic heterocycles. The monoisotopic (exact) mass is 419 g/mol.